The minimum Gasteiger partial charge on any atom is -0.480 e. The number of amides is 2. The van der Waals surface area contributed by atoms with Gasteiger partial charge in [0.25, 0.3) is 11.8 Å². The molecule has 0 bridgehead atoms. The van der Waals surface area contributed by atoms with Crippen molar-refractivity contribution in [3.05, 3.63) is 88.2 Å². The molecule has 2 aromatic heterocycles. The molecule has 2 amide bonds. The summed E-state index contributed by atoms with van der Waals surface area (Å²) in [5.74, 6) is -1.81. The van der Waals surface area contributed by atoms with E-state index in [0.29, 0.717) is 22.3 Å². The number of aryl methyl sites for hydroxylation is 1. The number of halogens is 2. The summed E-state index contributed by atoms with van der Waals surface area (Å²) < 4.78 is 17.7. The maximum absolute atomic E-state index is 15.7. The number of carbonyl (C=O) groups excluding carboxylic acids is 2. The Morgan fingerprint density at radius 1 is 1.09 bits per heavy atom. The molecular formula is C32H32ClFN6O4S. The molecule has 1 atom stereocenters. The van der Waals surface area contributed by atoms with Crippen LogP contribution in [-0.2, 0) is 29.1 Å². The van der Waals surface area contributed by atoms with Crippen molar-refractivity contribution < 1.29 is 23.9 Å². The topological polar surface area (TPSA) is 121 Å². The summed E-state index contributed by atoms with van der Waals surface area (Å²) in [5.41, 5.74) is 4.49. The number of carbonyl (C=O) groups is 3. The molecule has 45 heavy (non-hydrogen) atoms. The van der Waals surface area contributed by atoms with E-state index in [2.05, 4.69) is 15.3 Å². The van der Waals surface area contributed by atoms with Gasteiger partial charge in [0.2, 0.25) is 0 Å². The van der Waals surface area contributed by atoms with E-state index in [1.807, 2.05) is 33.7 Å². The minimum atomic E-state index is -1.03. The number of nitrogens with zero attached hydrogens (tertiary/aromatic N) is 5. The average molecular weight is 651 g/mol. The lowest BCUT2D eigenvalue weighted by Gasteiger charge is -2.31. The molecule has 2 aromatic carbocycles. The third-order valence-corrected chi connectivity index (χ3v) is 9.64. The van der Waals surface area contributed by atoms with Crippen molar-refractivity contribution >= 4 is 46.7 Å². The Morgan fingerprint density at radius 2 is 1.87 bits per heavy atom. The zero-order chi connectivity index (χ0) is 30.4. The zero-order valence-corrected chi connectivity index (χ0v) is 26.0. The van der Waals surface area contributed by atoms with Crippen LogP contribution in [0.4, 0.5) is 9.52 Å². The second kappa shape index (κ2) is 12.7. The summed E-state index contributed by atoms with van der Waals surface area (Å²) in [6.45, 7) is 2.30. The van der Waals surface area contributed by atoms with Crippen molar-refractivity contribution in [2.24, 2.45) is 0 Å². The quantitative estimate of drug-likeness (QED) is 0.272. The summed E-state index contributed by atoms with van der Waals surface area (Å²) in [7, 11) is 0. The molecule has 5 heterocycles. The van der Waals surface area contributed by atoms with Gasteiger partial charge in [-0.2, -0.15) is 0 Å². The second-order valence-corrected chi connectivity index (χ2v) is 12.5. The lowest BCUT2D eigenvalue weighted by Crippen LogP contribution is -2.38. The standard InChI is InChI=1S/C32H31FN6O4S.ClH/c33-25-15-22(20-5-3-19(4-6-20)21-7-11-37(12-8-21)17-27(40)41)14-23-24(25)16-39(31(23)43)29(30(42)36-32-34-9-13-44-32)28-26-2-1-10-38(26)18-35-28;/h3-6,9,13-15,18,21,29H,1-2,7-8,10-12,16-17H2,(H,40,41)(H,34,36,42);1H. The monoisotopic (exact) mass is 650 g/mol. The summed E-state index contributed by atoms with van der Waals surface area (Å²) in [5, 5.41) is 14.1. The number of fused-ring (bicyclic) bond motifs is 2. The van der Waals surface area contributed by atoms with Gasteiger partial charge < -0.3 is 14.6 Å². The van der Waals surface area contributed by atoms with E-state index in [9.17, 15) is 14.4 Å². The Morgan fingerprint density at radius 3 is 2.58 bits per heavy atom. The number of hydrogen-bond acceptors (Lipinski definition) is 7. The van der Waals surface area contributed by atoms with Gasteiger partial charge in [-0.25, -0.2) is 14.4 Å². The van der Waals surface area contributed by atoms with Gasteiger partial charge in [0.05, 0.1) is 25.1 Å². The van der Waals surface area contributed by atoms with Crippen LogP contribution in [0.1, 0.15) is 64.1 Å². The molecule has 1 unspecified atom stereocenters. The van der Waals surface area contributed by atoms with Crippen molar-refractivity contribution in [2.45, 2.75) is 50.7 Å². The van der Waals surface area contributed by atoms with Gasteiger partial charge in [0.1, 0.15) is 5.82 Å². The molecule has 3 aliphatic rings. The number of aliphatic carboxylic acids is 1. The third-order valence-electron chi connectivity index (χ3n) is 8.95. The number of piperidine rings is 1. The Labute approximate surface area is 269 Å². The normalized spacial score (nSPS) is 17.1. The number of rotatable bonds is 8. The van der Waals surface area contributed by atoms with Crippen LogP contribution in [0.25, 0.3) is 11.1 Å². The number of benzene rings is 2. The molecule has 0 aliphatic carbocycles. The molecule has 7 rings (SSSR count). The van der Waals surface area contributed by atoms with Gasteiger partial charge in [-0.3, -0.25) is 24.6 Å². The number of nitrogens with one attached hydrogen (secondary N) is 1. The molecule has 0 radical (unpaired) electrons. The van der Waals surface area contributed by atoms with Crippen LogP contribution in [0.3, 0.4) is 0 Å². The first-order valence-corrected chi connectivity index (χ1v) is 15.7. The Balaban J connectivity index is 0.00000357. The van der Waals surface area contributed by atoms with E-state index >= 15 is 4.39 Å². The van der Waals surface area contributed by atoms with Crippen LogP contribution in [0.5, 0.6) is 0 Å². The largest absolute Gasteiger partial charge is 0.480 e. The number of imidazole rings is 1. The van der Waals surface area contributed by atoms with Crippen LogP contribution >= 0.6 is 23.7 Å². The molecule has 0 spiro atoms. The Kier molecular flexibility index (Phi) is 8.71. The van der Waals surface area contributed by atoms with E-state index in [0.717, 1.165) is 62.1 Å². The number of carboxylic acid groups (broad SMARTS) is 1. The Bertz CT molecular complexity index is 1740. The van der Waals surface area contributed by atoms with E-state index in [1.54, 1.807) is 24.0 Å². The number of hydrogen-bond donors (Lipinski definition) is 2. The highest BCUT2D eigenvalue weighted by Crippen LogP contribution is 2.38. The zero-order valence-electron chi connectivity index (χ0n) is 24.3. The van der Waals surface area contributed by atoms with Crippen molar-refractivity contribution in [3.8, 4) is 11.1 Å². The summed E-state index contributed by atoms with van der Waals surface area (Å²) in [6.07, 6.45) is 6.73. The van der Waals surface area contributed by atoms with Gasteiger partial charge in [0.15, 0.2) is 11.2 Å². The predicted octanol–water partition coefficient (Wildman–Crippen LogP) is 5.11. The third kappa shape index (κ3) is 5.97. The first kappa shape index (κ1) is 30.9. The van der Waals surface area contributed by atoms with E-state index in [4.69, 9.17) is 5.11 Å². The van der Waals surface area contributed by atoms with Gasteiger partial charge in [-0.1, -0.05) is 24.3 Å². The highest BCUT2D eigenvalue weighted by atomic mass is 35.5. The predicted molar refractivity (Wildman–Crippen MR) is 169 cm³/mol. The van der Waals surface area contributed by atoms with E-state index in [1.165, 1.54) is 22.3 Å². The van der Waals surface area contributed by atoms with E-state index in [-0.39, 0.29) is 36.6 Å². The summed E-state index contributed by atoms with van der Waals surface area (Å²) >= 11 is 1.28. The van der Waals surface area contributed by atoms with Gasteiger partial charge in [0, 0.05) is 34.9 Å². The SMILES string of the molecule is Cl.O=C(O)CN1CCC(c2ccc(-c3cc(F)c4c(c3)C(=O)N(C(C(=O)Nc3nccs3)c3ncn5c3CCC5)C4)cc2)CC1. The van der Waals surface area contributed by atoms with Gasteiger partial charge in [-0.05, 0) is 73.5 Å². The Hall–Kier alpha value is -4.13. The van der Waals surface area contributed by atoms with Crippen LogP contribution in [-0.4, -0.2) is 66.9 Å². The van der Waals surface area contributed by atoms with Crippen LogP contribution in [0, 0.1) is 5.82 Å². The number of carboxylic acids is 1. The second-order valence-electron chi connectivity index (χ2n) is 11.6. The molecule has 10 nitrogen and oxygen atoms in total. The first-order chi connectivity index (χ1) is 21.4. The smallest absolute Gasteiger partial charge is 0.317 e. The molecule has 1 fully saturated rings. The molecule has 234 valence electrons. The number of aromatic nitrogens is 3. The van der Waals surface area contributed by atoms with Gasteiger partial charge >= 0.3 is 5.97 Å². The molecule has 1 saturated heterocycles. The molecule has 0 saturated carbocycles. The fourth-order valence-electron chi connectivity index (χ4n) is 6.73. The van der Waals surface area contributed by atoms with Crippen molar-refractivity contribution in [2.75, 3.05) is 25.0 Å². The fraction of sp³-hybridized carbons (Fsp3) is 0.344. The molecule has 4 aromatic rings. The van der Waals surface area contributed by atoms with Crippen molar-refractivity contribution in [1.29, 1.82) is 0 Å². The summed E-state index contributed by atoms with van der Waals surface area (Å²) in [6, 6.07) is 10.1. The van der Waals surface area contributed by atoms with Crippen LogP contribution in [0.2, 0.25) is 0 Å². The highest BCUT2D eigenvalue weighted by molar-refractivity contribution is 7.13. The van der Waals surface area contributed by atoms with Crippen molar-refractivity contribution in [1.82, 2.24) is 24.3 Å². The number of likely N-dealkylation sites (tertiary alicyclic amines) is 1. The molecule has 2 N–H and O–H groups in total. The van der Waals surface area contributed by atoms with Crippen LogP contribution < -0.4 is 5.32 Å². The maximum Gasteiger partial charge on any atom is 0.317 e. The highest BCUT2D eigenvalue weighted by Gasteiger charge is 2.42. The average Bonchev–Trinajstić information content (AvgIpc) is 3.82. The van der Waals surface area contributed by atoms with Gasteiger partial charge in [-0.15, -0.1) is 23.7 Å². The lowest BCUT2D eigenvalue weighted by molar-refractivity contribution is -0.138. The molecule has 13 heteroatoms. The lowest BCUT2D eigenvalue weighted by atomic mass is 9.88. The molecular weight excluding hydrogens is 619 g/mol. The number of thiazole rings is 1. The van der Waals surface area contributed by atoms with Crippen LogP contribution in [0.15, 0.2) is 54.3 Å². The first-order valence-electron chi connectivity index (χ1n) is 14.8. The van der Waals surface area contributed by atoms with E-state index < -0.39 is 29.6 Å². The minimum absolute atomic E-state index is 0. The number of anilines is 1. The maximum atomic E-state index is 15.7. The summed E-state index contributed by atoms with van der Waals surface area (Å²) in [4.78, 5) is 50.7. The van der Waals surface area contributed by atoms with Crippen molar-refractivity contribution in [3.63, 3.8) is 0 Å². The fourth-order valence-corrected chi connectivity index (χ4v) is 7.26. The molecule has 3 aliphatic heterocycles.